The van der Waals surface area contributed by atoms with Crippen LogP contribution in [0.1, 0.15) is 43.2 Å². The van der Waals surface area contributed by atoms with E-state index in [4.69, 9.17) is 4.74 Å². The highest BCUT2D eigenvalue weighted by atomic mass is 19.3. The largest absolute Gasteiger partial charge is 0.434 e. The van der Waals surface area contributed by atoms with Gasteiger partial charge in [0.2, 0.25) is 0 Å². The van der Waals surface area contributed by atoms with Crippen molar-refractivity contribution < 1.29 is 18.3 Å². The zero-order valence-corrected chi connectivity index (χ0v) is 15.6. The van der Waals surface area contributed by atoms with Crippen molar-refractivity contribution in [3.63, 3.8) is 0 Å². The Labute approximate surface area is 154 Å². The second-order valence-corrected chi connectivity index (χ2v) is 6.47. The molecule has 0 saturated heterocycles. The smallest absolute Gasteiger partial charge is 0.387 e. The minimum atomic E-state index is -2.84. The number of rotatable bonds is 9. The van der Waals surface area contributed by atoms with Crippen molar-refractivity contribution in [2.75, 3.05) is 20.2 Å². The first-order chi connectivity index (χ1) is 12.6. The first kappa shape index (κ1) is 20.4. The Morgan fingerprint density at radius 2 is 2.04 bits per heavy atom. The summed E-state index contributed by atoms with van der Waals surface area (Å²) in [5.41, 5.74) is 1.65. The zero-order valence-electron chi connectivity index (χ0n) is 15.6. The monoisotopic (exact) mass is 369 g/mol. The Balaban J connectivity index is 1.73. The van der Waals surface area contributed by atoms with Crippen molar-refractivity contribution in [2.45, 2.75) is 58.3 Å². The minimum absolute atomic E-state index is 0.179. The number of ether oxygens (including phenoxy) is 2. The Morgan fingerprint density at radius 3 is 2.73 bits per heavy atom. The number of hydrogen-bond acceptors (Lipinski definition) is 3. The van der Waals surface area contributed by atoms with Crippen LogP contribution in [0.4, 0.5) is 8.78 Å². The molecule has 26 heavy (non-hydrogen) atoms. The summed E-state index contributed by atoms with van der Waals surface area (Å²) < 4.78 is 35.5. The van der Waals surface area contributed by atoms with Crippen LogP contribution in [0.5, 0.6) is 5.75 Å². The molecule has 0 aromatic heterocycles. The highest BCUT2D eigenvalue weighted by Gasteiger charge is 2.14. The fraction of sp³-hybridized carbons (Fsp3) is 0.632. The molecular formula is C19H29F2N3O2. The number of aryl methyl sites for hydroxylation is 1. The Hall–Kier alpha value is -1.89. The van der Waals surface area contributed by atoms with Crippen LogP contribution in [0, 0.1) is 6.92 Å². The lowest BCUT2D eigenvalue weighted by molar-refractivity contribution is -0.0504. The SMILES string of the molecule is CN=C(NCCCOC1CCCC1)NCc1cc(C)ccc1OC(F)F. The van der Waals surface area contributed by atoms with Crippen LogP contribution >= 0.6 is 0 Å². The summed E-state index contributed by atoms with van der Waals surface area (Å²) in [6.45, 7) is 0.892. The van der Waals surface area contributed by atoms with Gasteiger partial charge in [-0.3, -0.25) is 4.99 Å². The predicted molar refractivity (Wildman–Crippen MR) is 98.8 cm³/mol. The Kier molecular flexibility index (Phi) is 8.61. The Morgan fingerprint density at radius 1 is 1.27 bits per heavy atom. The van der Waals surface area contributed by atoms with Crippen molar-refractivity contribution >= 4 is 5.96 Å². The molecule has 0 radical (unpaired) electrons. The van der Waals surface area contributed by atoms with Gasteiger partial charge in [0.05, 0.1) is 6.10 Å². The fourth-order valence-electron chi connectivity index (χ4n) is 3.04. The number of aliphatic imine (C=N–C) groups is 1. The molecule has 1 fully saturated rings. The molecule has 0 aliphatic heterocycles. The average molecular weight is 369 g/mol. The normalized spacial score (nSPS) is 15.5. The first-order valence-electron chi connectivity index (χ1n) is 9.19. The number of halogens is 2. The standard InChI is InChI=1S/C19H29F2N3O2/c1-14-8-9-17(26-18(20)21)15(12-14)13-24-19(22-2)23-10-5-11-25-16-6-3-4-7-16/h8-9,12,16,18H,3-7,10-11,13H2,1-2H3,(H2,22,23,24). The van der Waals surface area contributed by atoms with Crippen LogP contribution in [0.25, 0.3) is 0 Å². The summed E-state index contributed by atoms with van der Waals surface area (Å²) in [5, 5.41) is 6.34. The molecule has 1 aliphatic rings. The second kappa shape index (κ2) is 11.0. The molecule has 0 bridgehead atoms. The first-order valence-corrected chi connectivity index (χ1v) is 9.19. The van der Waals surface area contributed by atoms with Crippen molar-refractivity contribution in [1.82, 2.24) is 10.6 Å². The quantitative estimate of drug-likeness (QED) is 0.397. The van der Waals surface area contributed by atoms with E-state index in [1.807, 2.05) is 13.0 Å². The van der Waals surface area contributed by atoms with Gasteiger partial charge in [0.1, 0.15) is 5.75 Å². The van der Waals surface area contributed by atoms with E-state index in [2.05, 4.69) is 20.4 Å². The van der Waals surface area contributed by atoms with Crippen LogP contribution in [-0.4, -0.2) is 38.9 Å². The summed E-state index contributed by atoms with van der Waals surface area (Å²) >= 11 is 0. The molecule has 0 heterocycles. The molecule has 2 N–H and O–H groups in total. The van der Waals surface area contributed by atoms with E-state index >= 15 is 0 Å². The number of benzene rings is 1. The van der Waals surface area contributed by atoms with Gasteiger partial charge < -0.3 is 20.1 Å². The van der Waals surface area contributed by atoms with E-state index in [-0.39, 0.29) is 5.75 Å². The lowest BCUT2D eigenvalue weighted by atomic mass is 10.1. The molecule has 0 amide bonds. The van der Waals surface area contributed by atoms with E-state index in [0.717, 1.165) is 25.1 Å². The zero-order chi connectivity index (χ0) is 18.8. The van der Waals surface area contributed by atoms with Crippen LogP contribution < -0.4 is 15.4 Å². The molecule has 0 spiro atoms. The van der Waals surface area contributed by atoms with Gasteiger partial charge in [-0.2, -0.15) is 8.78 Å². The maximum absolute atomic E-state index is 12.5. The van der Waals surface area contributed by atoms with Gasteiger partial charge in [0.15, 0.2) is 5.96 Å². The molecule has 5 nitrogen and oxygen atoms in total. The predicted octanol–water partition coefficient (Wildman–Crippen LogP) is 3.61. The van der Waals surface area contributed by atoms with Gasteiger partial charge in [-0.1, -0.05) is 30.5 Å². The van der Waals surface area contributed by atoms with E-state index in [9.17, 15) is 8.78 Å². The molecule has 1 saturated carbocycles. The number of nitrogens with one attached hydrogen (secondary N) is 2. The highest BCUT2D eigenvalue weighted by molar-refractivity contribution is 5.79. The molecule has 1 aliphatic carbocycles. The minimum Gasteiger partial charge on any atom is -0.434 e. The lowest BCUT2D eigenvalue weighted by Crippen LogP contribution is -2.37. The third-order valence-electron chi connectivity index (χ3n) is 4.37. The van der Waals surface area contributed by atoms with Crippen molar-refractivity contribution in [2.24, 2.45) is 4.99 Å². The molecule has 7 heteroatoms. The van der Waals surface area contributed by atoms with Gasteiger partial charge in [-0.05, 0) is 32.3 Å². The van der Waals surface area contributed by atoms with Crippen LogP contribution in [0.15, 0.2) is 23.2 Å². The summed E-state index contributed by atoms with van der Waals surface area (Å²) in [6, 6.07) is 5.14. The summed E-state index contributed by atoms with van der Waals surface area (Å²) in [5.74, 6) is 0.800. The summed E-state index contributed by atoms with van der Waals surface area (Å²) in [6.07, 6.45) is 6.22. The van der Waals surface area contributed by atoms with E-state index in [0.29, 0.717) is 24.2 Å². The van der Waals surface area contributed by atoms with E-state index < -0.39 is 6.61 Å². The summed E-state index contributed by atoms with van der Waals surface area (Å²) in [7, 11) is 1.68. The van der Waals surface area contributed by atoms with Crippen LogP contribution in [-0.2, 0) is 11.3 Å². The highest BCUT2D eigenvalue weighted by Crippen LogP contribution is 2.22. The third kappa shape index (κ3) is 7.15. The number of alkyl halides is 2. The topological polar surface area (TPSA) is 54.9 Å². The second-order valence-electron chi connectivity index (χ2n) is 6.47. The lowest BCUT2D eigenvalue weighted by Gasteiger charge is -2.15. The number of guanidine groups is 1. The van der Waals surface area contributed by atoms with E-state index in [1.54, 1.807) is 19.2 Å². The molecule has 1 aromatic carbocycles. The van der Waals surface area contributed by atoms with Gasteiger partial charge in [-0.25, -0.2) is 0 Å². The van der Waals surface area contributed by atoms with Gasteiger partial charge >= 0.3 is 6.61 Å². The fourth-order valence-corrected chi connectivity index (χ4v) is 3.04. The average Bonchev–Trinajstić information content (AvgIpc) is 3.12. The van der Waals surface area contributed by atoms with Crippen molar-refractivity contribution in [1.29, 1.82) is 0 Å². The van der Waals surface area contributed by atoms with Crippen LogP contribution in [0.2, 0.25) is 0 Å². The molecule has 0 atom stereocenters. The maximum Gasteiger partial charge on any atom is 0.387 e. The Bertz CT molecular complexity index is 576. The van der Waals surface area contributed by atoms with Crippen molar-refractivity contribution in [3.05, 3.63) is 29.3 Å². The summed E-state index contributed by atoms with van der Waals surface area (Å²) in [4.78, 5) is 4.16. The van der Waals surface area contributed by atoms with Gasteiger partial charge in [0, 0.05) is 32.3 Å². The van der Waals surface area contributed by atoms with E-state index in [1.165, 1.54) is 25.7 Å². The molecule has 146 valence electrons. The molecule has 0 unspecified atom stereocenters. The molecule has 1 aromatic rings. The molecule has 2 rings (SSSR count). The van der Waals surface area contributed by atoms with Crippen molar-refractivity contribution in [3.8, 4) is 5.75 Å². The third-order valence-corrected chi connectivity index (χ3v) is 4.37. The molecular weight excluding hydrogens is 340 g/mol. The van der Waals surface area contributed by atoms with Crippen LogP contribution in [0.3, 0.4) is 0 Å². The van der Waals surface area contributed by atoms with Gasteiger partial charge in [0.25, 0.3) is 0 Å². The van der Waals surface area contributed by atoms with Gasteiger partial charge in [-0.15, -0.1) is 0 Å². The maximum atomic E-state index is 12.5. The number of nitrogens with zero attached hydrogens (tertiary/aromatic N) is 1. The number of hydrogen-bond donors (Lipinski definition) is 2.